The molecule has 2 aromatic rings. The Bertz CT molecular complexity index is 549. The predicted molar refractivity (Wildman–Crippen MR) is 74.0 cm³/mol. The first-order valence-corrected chi connectivity index (χ1v) is 6.58. The number of nitrogens with one attached hydrogen (secondary N) is 2. The molecule has 0 atom stereocenters. The zero-order valence-corrected chi connectivity index (χ0v) is 11.6. The van der Waals surface area contributed by atoms with E-state index in [4.69, 9.17) is 0 Å². The number of hydrogen-bond donors (Lipinski definition) is 2. The molecule has 0 radical (unpaired) electrons. The zero-order chi connectivity index (χ0) is 11.5. The number of thiophene rings is 1. The minimum absolute atomic E-state index is 0.111. The van der Waals surface area contributed by atoms with Gasteiger partial charge < -0.3 is 10.3 Å². The number of aromatic amines is 1. The highest BCUT2D eigenvalue weighted by Gasteiger charge is 2.04. The third-order valence-electron chi connectivity index (χ3n) is 2.02. The van der Waals surface area contributed by atoms with E-state index in [9.17, 15) is 4.79 Å². The van der Waals surface area contributed by atoms with Gasteiger partial charge in [0, 0.05) is 9.75 Å². The molecule has 2 aromatic heterocycles. The van der Waals surface area contributed by atoms with Crippen LogP contribution in [0.3, 0.4) is 0 Å². The maximum Gasteiger partial charge on any atom is 0.266 e. The van der Waals surface area contributed by atoms with Gasteiger partial charge in [-0.25, -0.2) is 4.98 Å². The van der Waals surface area contributed by atoms with Crippen molar-refractivity contribution in [1.29, 1.82) is 0 Å². The van der Waals surface area contributed by atoms with Crippen molar-refractivity contribution in [1.82, 2.24) is 9.97 Å². The molecule has 0 aliphatic carbocycles. The Morgan fingerprint density at radius 3 is 3.06 bits per heavy atom. The topological polar surface area (TPSA) is 57.8 Å². The lowest BCUT2D eigenvalue weighted by atomic mass is 10.4. The van der Waals surface area contributed by atoms with E-state index in [0.29, 0.717) is 15.9 Å². The Hall–Kier alpha value is -0.890. The van der Waals surface area contributed by atoms with Crippen molar-refractivity contribution in [3.8, 4) is 0 Å². The lowest BCUT2D eigenvalue weighted by Crippen LogP contribution is -2.14. The van der Waals surface area contributed by atoms with Crippen LogP contribution in [0.5, 0.6) is 0 Å². The molecule has 6 heteroatoms. The lowest BCUT2D eigenvalue weighted by molar-refractivity contribution is 1.06. The van der Waals surface area contributed by atoms with Gasteiger partial charge in [-0.3, -0.25) is 4.79 Å². The lowest BCUT2D eigenvalue weighted by Gasteiger charge is -2.04. The van der Waals surface area contributed by atoms with Crippen molar-refractivity contribution in [2.75, 3.05) is 5.32 Å². The number of hydrogen-bond acceptors (Lipinski definition) is 4. The van der Waals surface area contributed by atoms with Crippen LogP contribution in [0.1, 0.15) is 9.75 Å². The van der Waals surface area contributed by atoms with Crippen molar-refractivity contribution < 1.29 is 0 Å². The predicted octanol–water partition coefficient (Wildman–Crippen LogP) is 2.36. The molecule has 4 nitrogen and oxygen atoms in total. The summed E-state index contributed by atoms with van der Waals surface area (Å²) in [4.78, 5) is 20.5. The summed E-state index contributed by atoms with van der Waals surface area (Å²) in [6.45, 7) is 2.77. The molecule has 2 N–H and O–H groups in total. The fourth-order valence-electron chi connectivity index (χ4n) is 1.26. The molecule has 0 fully saturated rings. The van der Waals surface area contributed by atoms with E-state index in [-0.39, 0.29) is 5.56 Å². The smallest absolute Gasteiger partial charge is 0.266 e. The quantitative estimate of drug-likeness (QED) is 0.838. The van der Waals surface area contributed by atoms with E-state index in [1.165, 1.54) is 16.1 Å². The molecule has 2 rings (SSSR count). The second kappa shape index (κ2) is 4.96. The molecule has 0 spiro atoms. The van der Waals surface area contributed by atoms with Crippen LogP contribution in [0.15, 0.2) is 23.3 Å². The van der Waals surface area contributed by atoms with E-state index in [1.807, 2.05) is 22.6 Å². The van der Waals surface area contributed by atoms with Crippen molar-refractivity contribution in [3.05, 3.63) is 42.1 Å². The summed E-state index contributed by atoms with van der Waals surface area (Å²) in [6, 6.07) is 4.16. The Morgan fingerprint density at radius 1 is 1.56 bits per heavy atom. The molecule has 16 heavy (non-hydrogen) atoms. The van der Waals surface area contributed by atoms with Gasteiger partial charge in [-0.2, -0.15) is 0 Å². The van der Waals surface area contributed by atoms with Gasteiger partial charge in [-0.15, -0.1) is 11.3 Å². The first-order valence-electron chi connectivity index (χ1n) is 4.69. The van der Waals surface area contributed by atoms with E-state index in [2.05, 4.69) is 34.3 Å². The third kappa shape index (κ3) is 2.62. The van der Waals surface area contributed by atoms with Crippen LogP contribution in [0.2, 0.25) is 0 Å². The van der Waals surface area contributed by atoms with E-state index in [0.717, 1.165) is 0 Å². The summed E-state index contributed by atoms with van der Waals surface area (Å²) in [7, 11) is 0. The summed E-state index contributed by atoms with van der Waals surface area (Å²) in [5, 5.41) is 3.16. The molecule has 0 saturated carbocycles. The molecule has 0 amide bonds. The average Bonchev–Trinajstić information content (AvgIpc) is 2.67. The van der Waals surface area contributed by atoms with Gasteiger partial charge in [-0.1, -0.05) is 0 Å². The number of aromatic nitrogens is 2. The molecule has 0 unspecified atom stereocenters. The fraction of sp³-hybridized carbons (Fsp3) is 0.200. The number of aryl methyl sites for hydroxylation is 1. The first kappa shape index (κ1) is 11.6. The first-order chi connectivity index (χ1) is 7.66. The summed E-state index contributed by atoms with van der Waals surface area (Å²) >= 11 is 3.73. The van der Waals surface area contributed by atoms with Gasteiger partial charge in [-0.05, 0) is 41.6 Å². The zero-order valence-electron chi connectivity index (χ0n) is 8.58. The van der Waals surface area contributed by atoms with Crippen molar-refractivity contribution in [3.63, 3.8) is 0 Å². The standard InChI is InChI=1S/C10H10IN3OS/c1-6-2-3-7(16-6)4-12-9-8(11)10(15)14-5-13-9/h2-3,5H,4H2,1H3,(H2,12,13,14,15). The van der Waals surface area contributed by atoms with E-state index >= 15 is 0 Å². The summed E-state index contributed by atoms with van der Waals surface area (Å²) in [5.41, 5.74) is -0.111. The minimum Gasteiger partial charge on any atom is -0.364 e. The van der Waals surface area contributed by atoms with E-state index in [1.54, 1.807) is 11.3 Å². The van der Waals surface area contributed by atoms with Gasteiger partial charge in [0.05, 0.1) is 12.9 Å². The van der Waals surface area contributed by atoms with Gasteiger partial charge in [0.15, 0.2) is 0 Å². The van der Waals surface area contributed by atoms with Crippen LogP contribution >= 0.6 is 33.9 Å². The number of halogens is 1. The SMILES string of the molecule is Cc1ccc(CNc2nc[nH]c(=O)c2I)s1. The van der Waals surface area contributed by atoms with Gasteiger partial charge in [0.2, 0.25) is 0 Å². The van der Waals surface area contributed by atoms with Crippen molar-refractivity contribution >= 4 is 39.7 Å². The van der Waals surface area contributed by atoms with Crippen molar-refractivity contribution in [2.24, 2.45) is 0 Å². The highest BCUT2D eigenvalue weighted by Crippen LogP contribution is 2.17. The van der Waals surface area contributed by atoms with Crippen LogP contribution in [0.25, 0.3) is 0 Å². The number of nitrogens with zero attached hydrogens (tertiary/aromatic N) is 1. The van der Waals surface area contributed by atoms with Crippen LogP contribution < -0.4 is 10.9 Å². The Balaban J connectivity index is 2.10. The maximum absolute atomic E-state index is 11.3. The molecular formula is C10H10IN3OS. The normalized spacial score (nSPS) is 10.4. The van der Waals surface area contributed by atoms with Crippen LogP contribution in [-0.4, -0.2) is 9.97 Å². The Labute approximate surface area is 110 Å². The second-order valence-corrected chi connectivity index (χ2v) is 5.71. The van der Waals surface area contributed by atoms with Crippen LogP contribution in [-0.2, 0) is 6.54 Å². The third-order valence-corrected chi connectivity index (χ3v) is 4.02. The van der Waals surface area contributed by atoms with Gasteiger partial charge >= 0.3 is 0 Å². The Morgan fingerprint density at radius 2 is 2.38 bits per heavy atom. The second-order valence-electron chi connectivity index (χ2n) is 3.26. The Kier molecular flexibility index (Phi) is 3.59. The molecular weight excluding hydrogens is 337 g/mol. The summed E-state index contributed by atoms with van der Waals surface area (Å²) < 4.78 is 0.591. The van der Waals surface area contributed by atoms with Gasteiger partial charge in [0.25, 0.3) is 5.56 Å². The largest absolute Gasteiger partial charge is 0.364 e. The number of rotatable bonds is 3. The highest BCUT2D eigenvalue weighted by atomic mass is 127. The summed E-state index contributed by atoms with van der Waals surface area (Å²) in [5.74, 6) is 0.635. The van der Waals surface area contributed by atoms with Gasteiger partial charge in [0.1, 0.15) is 9.39 Å². The average molecular weight is 347 g/mol. The number of anilines is 1. The van der Waals surface area contributed by atoms with E-state index < -0.39 is 0 Å². The molecule has 0 aromatic carbocycles. The van der Waals surface area contributed by atoms with Crippen LogP contribution in [0.4, 0.5) is 5.82 Å². The molecule has 0 saturated heterocycles. The molecule has 2 heterocycles. The summed E-state index contributed by atoms with van der Waals surface area (Å²) in [6.07, 6.45) is 1.41. The molecule has 0 aliphatic rings. The maximum atomic E-state index is 11.3. The van der Waals surface area contributed by atoms with Crippen molar-refractivity contribution in [2.45, 2.75) is 13.5 Å². The minimum atomic E-state index is -0.111. The van der Waals surface area contributed by atoms with Crippen LogP contribution in [0, 0.1) is 10.5 Å². The monoisotopic (exact) mass is 347 g/mol. The highest BCUT2D eigenvalue weighted by molar-refractivity contribution is 14.1. The fourth-order valence-corrected chi connectivity index (χ4v) is 2.57. The molecule has 84 valence electrons. The number of H-pyrrole nitrogens is 1. The molecule has 0 aliphatic heterocycles. The molecule has 0 bridgehead atoms.